The number of carboxylic acids is 1. The van der Waals surface area contributed by atoms with E-state index in [1.165, 1.54) is 4.90 Å². The zero-order valence-corrected chi connectivity index (χ0v) is 9.89. The third-order valence-corrected chi connectivity index (χ3v) is 2.58. The molecular weight excluding hydrogens is 242 g/mol. The second-order valence-corrected chi connectivity index (χ2v) is 3.96. The largest absolute Gasteiger partial charge is 0.479 e. The second kappa shape index (κ2) is 6.80. The van der Waals surface area contributed by atoms with Gasteiger partial charge in [-0.05, 0) is 0 Å². The molecule has 0 aromatic rings. The van der Waals surface area contributed by atoms with Gasteiger partial charge in [0.05, 0.1) is 0 Å². The van der Waals surface area contributed by atoms with E-state index in [1.54, 1.807) is 0 Å². The minimum absolute atomic E-state index is 0.0495. The lowest BCUT2D eigenvalue weighted by Gasteiger charge is -2.20. The molecule has 8 heteroatoms. The molecule has 0 unspecified atom stereocenters. The van der Waals surface area contributed by atoms with Gasteiger partial charge in [0, 0.05) is 39.0 Å². The number of carboxylic acid groups (broad SMARTS) is 1. The average Bonchev–Trinajstić information content (AvgIpc) is 2.53. The third-order valence-electron chi connectivity index (χ3n) is 2.58. The Morgan fingerprint density at radius 3 is 2.83 bits per heavy atom. The molecule has 0 aromatic heterocycles. The highest BCUT2D eigenvalue weighted by Crippen LogP contribution is 1.97. The molecule has 1 aliphatic heterocycles. The number of rotatable bonds is 4. The van der Waals surface area contributed by atoms with Crippen molar-refractivity contribution in [2.45, 2.75) is 18.9 Å². The first-order chi connectivity index (χ1) is 8.50. The number of nitrogens with zero attached hydrogens (tertiary/aromatic N) is 1. The minimum Gasteiger partial charge on any atom is -0.479 e. The lowest BCUT2D eigenvalue weighted by molar-refractivity contribution is -0.146. The highest BCUT2D eigenvalue weighted by molar-refractivity contribution is 5.79. The van der Waals surface area contributed by atoms with Gasteiger partial charge >= 0.3 is 12.0 Å². The van der Waals surface area contributed by atoms with E-state index in [4.69, 9.17) is 10.2 Å². The molecule has 0 bridgehead atoms. The van der Waals surface area contributed by atoms with Crippen LogP contribution in [-0.2, 0) is 9.59 Å². The first-order valence-electron chi connectivity index (χ1n) is 5.71. The van der Waals surface area contributed by atoms with Crippen molar-refractivity contribution in [1.29, 1.82) is 0 Å². The molecule has 3 amide bonds. The number of amides is 3. The van der Waals surface area contributed by atoms with E-state index in [2.05, 4.69) is 10.6 Å². The fourth-order valence-electron chi connectivity index (χ4n) is 1.52. The van der Waals surface area contributed by atoms with Gasteiger partial charge in [0.25, 0.3) is 0 Å². The van der Waals surface area contributed by atoms with Gasteiger partial charge in [-0.1, -0.05) is 0 Å². The lowest BCUT2D eigenvalue weighted by atomic mass is 10.2. The summed E-state index contributed by atoms with van der Waals surface area (Å²) < 4.78 is 0. The minimum atomic E-state index is -1.47. The molecule has 1 heterocycles. The van der Waals surface area contributed by atoms with Crippen molar-refractivity contribution in [2.24, 2.45) is 0 Å². The van der Waals surface area contributed by atoms with Crippen LogP contribution in [0.3, 0.4) is 0 Å². The fourth-order valence-corrected chi connectivity index (χ4v) is 1.52. The van der Waals surface area contributed by atoms with Crippen LogP contribution in [0.5, 0.6) is 0 Å². The Morgan fingerprint density at radius 2 is 2.17 bits per heavy atom. The topological polar surface area (TPSA) is 119 Å². The Labute approximate surface area is 104 Å². The van der Waals surface area contributed by atoms with E-state index in [0.29, 0.717) is 19.6 Å². The van der Waals surface area contributed by atoms with Gasteiger partial charge < -0.3 is 25.7 Å². The van der Waals surface area contributed by atoms with E-state index >= 15 is 0 Å². The smallest absolute Gasteiger partial charge is 0.332 e. The van der Waals surface area contributed by atoms with E-state index < -0.39 is 12.1 Å². The monoisotopic (exact) mass is 259 g/mol. The molecule has 0 aromatic carbocycles. The third kappa shape index (κ3) is 4.58. The summed E-state index contributed by atoms with van der Waals surface area (Å²) in [5.74, 6) is -1.40. The number of aliphatic hydroxyl groups is 1. The molecule has 0 saturated carbocycles. The van der Waals surface area contributed by atoms with Gasteiger partial charge in [0.15, 0.2) is 6.10 Å². The zero-order chi connectivity index (χ0) is 13.5. The summed E-state index contributed by atoms with van der Waals surface area (Å²) in [7, 11) is 0. The quantitative estimate of drug-likeness (QED) is 0.482. The summed E-state index contributed by atoms with van der Waals surface area (Å²) >= 11 is 0. The maximum Gasteiger partial charge on any atom is 0.332 e. The Morgan fingerprint density at radius 1 is 1.44 bits per heavy atom. The maximum absolute atomic E-state index is 11.7. The van der Waals surface area contributed by atoms with Crippen LogP contribution in [0, 0.1) is 0 Å². The predicted molar refractivity (Wildman–Crippen MR) is 60.9 cm³/mol. The van der Waals surface area contributed by atoms with Crippen molar-refractivity contribution in [3.8, 4) is 0 Å². The van der Waals surface area contributed by atoms with E-state index in [-0.39, 0.29) is 31.3 Å². The van der Waals surface area contributed by atoms with Crippen molar-refractivity contribution < 1.29 is 24.6 Å². The molecule has 1 rings (SSSR count). The standard InChI is InChI=1S/C10H17N3O5/c14-7(9(16)17)1-3-12-10(18)13-5-2-8(15)11-4-6-13/h7,14H,1-6H2,(H,11,15)(H,12,18)(H,16,17)/t7-/m0/s1. The molecular formula is C10H17N3O5. The number of carbonyl (C=O) groups excluding carboxylic acids is 2. The Bertz CT molecular complexity index is 333. The van der Waals surface area contributed by atoms with Crippen molar-refractivity contribution in [1.82, 2.24) is 15.5 Å². The Hall–Kier alpha value is -1.83. The molecule has 18 heavy (non-hydrogen) atoms. The second-order valence-electron chi connectivity index (χ2n) is 3.96. The molecule has 0 spiro atoms. The summed E-state index contributed by atoms with van der Waals surface area (Å²) in [6.45, 7) is 1.23. The van der Waals surface area contributed by atoms with Crippen LogP contribution >= 0.6 is 0 Å². The van der Waals surface area contributed by atoms with Crippen LogP contribution in [0.15, 0.2) is 0 Å². The molecule has 1 atom stereocenters. The van der Waals surface area contributed by atoms with E-state index in [0.717, 1.165) is 0 Å². The Balaban J connectivity index is 2.27. The summed E-state index contributed by atoms with van der Waals surface area (Å²) in [4.78, 5) is 34.5. The van der Waals surface area contributed by atoms with Crippen LogP contribution in [0.4, 0.5) is 4.79 Å². The SMILES string of the molecule is O=C1CCN(C(=O)NCC[C@H](O)C(=O)O)CCN1. The summed E-state index contributed by atoms with van der Waals surface area (Å²) in [5, 5.41) is 22.6. The molecule has 4 N–H and O–H groups in total. The van der Waals surface area contributed by atoms with Crippen molar-refractivity contribution in [3.63, 3.8) is 0 Å². The molecule has 1 saturated heterocycles. The predicted octanol–water partition coefficient (Wildman–Crippen LogP) is -1.65. The Kier molecular flexibility index (Phi) is 5.37. The summed E-state index contributed by atoms with van der Waals surface area (Å²) in [6, 6.07) is -0.357. The average molecular weight is 259 g/mol. The van der Waals surface area contributed by atoms with Gasteiger partial charge in [-0.3, -0.25) is 4.79 Å². The number of aliphatic carboxylic acids is 1. The van der Waals surface area contributed by atoms with E-state index in [9.17, 15) is 14.4 Å². The van der Waals surface area contributed by atoms with Crippen molar-refractivity contribution >= 4 is 17.9 Å². The maximum atomic E-state index is 11.7. The number of nitrogens with one attached hydrogen (secondary N) is 2. The first-order valence-corrected chi connectivity index (χ1v) is 5.71. The lowest BCUT2D eigenvalue weighted by Crippen LogP contribution is -2.42. The van der Waals surface area contributed by atoms with Gasteiger partial charge in [-0.2, -0.15) is 0 Å². The number of hydrogen-bond donors (Lipinski definition) is 4. The fraction of sp³-hybridized carbons (Fsp3) is 0.700. The van der Waals surface area contributed by atoms with Crippen LogP contribution in [0.25, 0.3) is 0 Å². The normalized spacial score (nSPS) is 17.6. The van der Waals surface area contributed by atoms with Gasteiger partial charge in [0.1, 0.15) is 0 Å². The van der Waals surface area contributed by atoms with Crippen molar-refractivity contribution in [3.05, 3.63) is 0 Å². The van der Waals surface area contributed by atoms with Crippen LogP contribution in [-0.4, -0.2) is 65.3 Å². The first kappa shape index (κ1) is 14.2. The number of urea groups is 1. The van der Waals surface area contributed by atoms with Gasteiger partial charge in [0.2, 0.25) is 5.91 Å². The number of aliphatic hydroxyl groups excluding tert-OH is 1. The van der Waals surface area contributed by atoms with Crippen LogP contribution < -0.4 is 10.6 Å². The molecule has 0 aliphatic carbocycles. The molecule has 8 nitrogen and oxygen atoms in total. The summed E-state index contributed by atoms with van der Waals surface area (Å²) in [5.41, 5.74) is 0. The highest BCUT2D eigenvalue weighted by Gasteiger charge is 2.19. The van der Waals surface area contributed by atoms with E-state index in [1.807, 2.05) is 0 Å². The van der Waals surface area contributed by atoms with Gasteiger partial charge in [-0.25, -0.2) is 9.59 Å². The highest BCUT2D eigenvalue weighted by atomic mass is 16.4. The molecule has 1 fully saturated rings. The zero-order valence-electron chi connectivity index (χ0n) is 9.89. The number of hydrogen-bond acceptors (Lipinski definition) is 4. The van der Waals surface area contributed by atoms with Crippen molar-refractivity contribution in [2.75, 3.05) is 26.2 Å². The van der Waals surface area contributed by atoms with Crippen LogP contribution in [0.2, 0.25) is 0 Å². The molecule has 1 aliphatic rings. The van der Waals surface area contributed by atoms with Crippen LogP contribution in [0.1, 0.15) is 12.8 Å². The van der Waals surface area contributed by atoms with Gasteiger partial charge in [-0.15, -0.1) is 0 Å². The molecule has 0 radical (unpaired) electrons. The number of carbonyl (C=O) groups is 3. The molecule has 102 valence electrons. The summed E-state index contributed by atoms with van der Waals surface area (Å²) in [6.07, 6.45) is -1.27.